The first-order chi connectivity index (χ1) is 14.5. The minimum Gasteiger partial charge on any atom is -0.295 e. The third-order valence-corrected chi connectivity index (χ3v) is 8.37. The quantitative estimate of drug-likeness (QED) is 0.703. The first kappa shape index (κ1) is 21.5. The fourth-order valence-corrected chi connectivity index (χ4v) is 5.68. The molecule has 3 aliphatic carbocycles. The highest BCUT2D eigenvalue weighted by molar-refractivity contribution is 7.90. The van der Waals surface area contributed by atoms with Crippen LogP contribution in [0.3, 0.4) is 0 Å². The maximum Gasteiger partial charge on any atom is 0.217 e. The van der Waals surface area contributed by atoms with Gasteiger partial charge in [-0.05, 0) is 69.2 Å². The van der Waals surface area contributed by atoms with Gasteiger partial charge in [0.15, 0.2) is 0 Å². The smallest absolute Gasteiger partial charge is 0.217 e. The van der Waals surface area contributed by atoms with Crippen LogP contribution >= 0.6 is 0 Å². The Morgan fingerprint density at radius 3 is 2.67 bits per heavy atom. The molecule has 6 heteroatoms. The molecular formula is C24H33N3O2S. The van der Waals surface area contributed by atoms with Crippen LogP contribution in [0.5, 0.6) is 0 Å². The van der Waals surface area contributed by atoms with Crippen molar-refractivity contribution in [2.24, 2.45) is 4.99 Å². The van der Waals surface area contributed by atoms with Gasteiger partial charge < -0.3 is 0 Å². The molecule has 0 spiro atoms. The molecule has 0 amide bonds. The van der Waals surface area contributed by atoms with E-state index >= 15 is 0 Å². The molecule has 0 saturated heterocycles. The number of nitrogens with one attached hydrogen (secondary N) is 1. The van der Waals surface area contributed by atoms with Crippen LogP contribution in [0.1, 0.15) is 44.9 Å². The van der Waals surface area contributed by atoms with Crippen molar-refractivity contribution < 1.29 is 8.42 Å². The Morgan fingerprint density at radius 1 is 1.10 bits per heavy atom. The molecule has 162 valence electrons. The van der Waals surface area contributed by atoms with Gasteiger partial charge in [-0.2, -0.15) is 0 Å². The SMILES string of the molecule is CNS(=O)(=O)C1C=CC(=NCC2=CC=C(CN3CCC4=C(C=CCC4)C3)CC2)CC1. The number of hydrogen-bond acceptors (Lipinski definition) is 4. The summed E-state index contributed by atoms with van der Waals surface area (Å²) in [5, 5.41) is -0.438. The van der Waals surface area contributed by atoms with Crippen molar-refractivity contribution in [3.05, 3.63) is 58.7 Å². The minimum absolute atomic E-state index is 0.438. The van der Waals surface area contributed by atoms with E-state index in [9.17, 15) is 8.42 Å². The molecule has 1 heterocycles. The minimum atomic E-state index is -3.23. The predicted molar refractivity (Wildman–Crippen MR) is 124 cm³/mol. The molecular weight excluding hydrogens is 394 g/mol. The second kappa shape index (κ2) is 9.58. The van der Waals surface area contributed by atoms with Gasteiger partial charge in [0.1, 0.15) is 0 Å². The summed E-state index contributed by atoms with van der Waals surface area (Å²) in [6.45, 7) is 4.08. The van der Waals surface area contributed by atoms with E-state index in [0.29, 0.717) is 6.42 Å². The second-order valence-corrected chi connectivity index (χ2v) is 10.8. The molecule has 30 heavy (non-hydrogen) atoms. The van der Waals surface area contributed by atoms with E-state index in [1.165, 1.54) is 44.0 Å². The third kappa shape index (κ3) is 5.29. The molecule has 0 aromatic rings. The van der Waals surface area contributed by atoms with Gasteiger partial charge in [0.25, 0.3) is 0 Å². The van der Waals surface area contributed by atoms with Crippen LogP contribution in [-0.4, -0.2) is 57.5 Å². The van der Waals surface area contributed by atoms with Crippen molar-refractivity contribution in [2.45, 2.75) is 50.2 Å². The number of rotatable bonds is 6. The van der Waals surface area contributed by atoms with E-state index < -0.39 is 15.3 Å². The third-order valence-electron chi connectivity index (χ3n) is 6.61. The Morgan fingerprint density at radius 2 is 1.93 bits per heavy atom. The van der Waals surface area contributed by atoms with E-state index in [0.717, 1.165) is 44.6 Å². The van der Waals surface area contributed by atoms with Crippen molar-refractivity contribution in [1.29, 1.82) is 0 Å². The van der Waals surface area contributed by atoms with Crippen molar-refractivity contribution in [1.82, 2.24) is 9.62 Å². The highest BCUT2D eigenvalue weighted by Crippen LogP contribution is 2.28. The number of hydrogen-bond donors (Lipinski definition) is 1. The summed E-state index contributed by atoms with van der Waals surface area (Å²) in [5.74, 6) is 0. The highest BCUT2D eigenvalue weighted by Gasteiger charge is 2.24. The summed E-state index contributed by atoms with van der Waals surface area (Å²) in [4.78, 5) is 7.31. The van der Waals surface area contributed by atoms with E-state index in [1.807, 2.05) is 6.08 Å². The largest absolute Gasteiger partial charge is 0.295 e. The number of aliphatic imine (C=N–C) groups is 1. The fourth-order valence-electron chi connectivity index (χ4n) is 4.67. The van der Waals surface area contributed by atoms with Gasteiger partial charge in [-0.25, -0.2) is 13.1 Å². The molecule has 1 N–H and O–H groups in total. The summed E-state index contributed by atoms with van der Waals surface area (Å²) < 4.78 is 26.2. The zero-order chi connectivity index (χ0) is 21.0. The molecule has 1 aliphatic heterocycles. The van der Waals surface area contributed by atoms with Gasteiger partial charge in [-0.3, -0.25) is 9.89 Å². The molecule has 0 fully saturated rings. The zero-order valence-corrected chi connectivity index (χ0v) is 18.8. The van der Waals surface area contributed by atoms with Crippen LogP contribution < -0.4 is 4.72 Å². The number of nitrogens with zero attached hydrogens (tertiary/aromatic N) is 2. The number of sulfonamides is 1. The highest BCUT2D eigenvalue weighted by atomic mass is 32.2. The van der Waals surface area contributed by atoms with Crippen LogP contribution in [0, 0.1) is 0 Å². The molecule has 0 aromatic heterocycles. The lowest BCUT2D eigenvalue weighted by atomic mass is 9.91. The first-order valence-corrected chi connectivity index (χ1v) is 12.7. The van der Waals surface area contributed by atoms with Crippen LogP contribution in [0.25, 0.3) is 0 Å². The lowest BCUT2D eigenvalue weighted by molar-refractivity contribution is 0.305. The van der Waals surface area contributed by atoms with Gasteiger partial charge >= 0.3 is 0 Å². The van der Waals surface area contributed by atoms with E-state index in [2.05, 4.69) is 33.9 Å². The molecule has 0 saturated carbocycles. The first-order valence-electron chi connectivity index (χ1n) is 11.1. The second-order valence-electron chi connectivity index (χ2n) is 8.67. The molecule has 0 radical (unpaired) electrons. The van der Waals surface area contributed by atoms with Crippen LogP contribution in [0.2, 0.25) is 0 Å². The Labute approximate surface area is 181 Å². The lowest BCUT2D eigenvalue weighted by Crippen LogP contribution is -2.33. The van der Waals surface area contributed by atoms with E-state index in [4.69, 9.17) is 4.99 Å². The summed E-state index contributed by atoms with van der Waals surface area (Å²) in [7, 11) is -1.76. The van der Waals surface area contributed by atoms with Crippen LogP contribution in [0.4, 0.5) is 0 Å². The zero-order valence-electron chi connectivity index (χ0n) is 17.9. The fraction of sp³-hybridized carbons (Fsp3) is 0.542. The van der Waals surface area contributed by atoms with E-state index in [1.54, 1.807) is 17.2 Å². The molecule has 1 atom stereocenters. The Bertz CT molecular complexity index is 951. The van der Waals surface area contributed by atoms with Gasteiger partial charge in [-0.15, -0.1) is 0 Å². The maximum absolute atomic E-state index is 11.9. The molecule has 5 nitrogen and oxygen atoms in total. The average Bonchev–Trinajstić information content (AvgIpc) is 2.79. The Kier molecular flexibility index (Phi) is 6.86. The van der Waals surface area contributed by atoms with Crippen molar-refractivity contribution >= 4 is 15.7 Å². The summed E-state index contributed by atoms with van der Waals surface area (Å²) >= 11 is 0. The molecule has 4 aliphatic rings. The van der Waals surface area contributed by atoms with E-state index in [-0.39, 0.29) is 0 Å². The maximum atomic E-state index is 11.9. The Hall–Kier alpha value is -1.76. The molecule has 0 aromatic carbocycles. The summed E-state index contributed by atoms with van der Waals surface area (Å²) in [5.41, 5.74) is 7.13. The van der Waals surface area contributed by atoms with Crippen molar-refractivity contribution in [3.8, 4) is 0 Å². The average molecular weight is 428 g/mol. The molecule has 1 unspecified atom stereocenters. The van der Waals surface area contributed by atoms with Gasteiger partial charge in [0, 0.05) is 25.3 Å². The monoisotopic (exact) mass is 427 g/mol. The Balaban J connectivity index is 1.29. The lowest BCUT2D eigenvalue weighted by Gasteiger charge is -2.32. The topological polar surface area (TPSA) is 61.8 Å². The van der Waals surface area contributed by atoms with Gasteiger partial charge in [0.2, 0.25) is 10.0 Å². The summed E-state index contributed by atoms with van der Waals surface area (Å²) in [6, 6.07) is 0. The predicted octanol–water partition coefficient (Wildman–Crippen LogP) is 3.69. The van der Waals surface area contributed by atoms with Crippen molar-refractivity contribution in [2.75, 3.05) is 33.2 Å². The normalized spacial score (nSPS) is 26.6. The van der Waals surface area contributed by atoms with Gasteiger partial charge in [0.05, 0.1) is 11.8 Å². The molecule has 4 rings (SSSR count). The summed E-state index contributed by atoms with van der Waals surface area (Å²) in [6.07, 6.45) is 20.1. The van der Waals surface area contributed by atoms with Crippen LogP contribution in [-0.2, 0) is 10.0 Å². The van der Waals surface area contributed by atoms with Crippen LogP contribution in [0.15, 0.2) is 63.7 Å². The molecule has 0 bridgehead atoms. The van der Waals surface area contributed by atoms with Crippen molar-refractivity contribution in [3.63, 3.8) is 0 Å². The van der Waals surface area contributed by atoms with Gasteiger partial charge in [-0.1, -0.05) is 41.5 Å². The standard InChI is InChI=1S/C24H33N3O2S/c1-25-30(28,29)24-12-10-23(11-13-24)26-16-19-6-8-20(9-7-19)17-27-15-14-21-4-2-3-5-22(21)18-27/h3,5-6,8,10,12,24-25H,2,4,7,9,11,13-18H2,1H3. The number of allylic oxidation sites excluding steroid dienone is 4.